The summed E-state index contributed by atoms with van der Waals surface area (Å²) in [5, 5.41) is 4.23. The van der Waals surface area contributed by atoms with E-state index in [0.29, 0.717) is 5.92 Å². The minimum absolute atomic E-state index is 0.481. The van der Waals surface area contributed by atoms with Crippen LogP contribution >= 0.6 is 0 Å². The van der Waals surface area contributed by atoms with Crippen molar-refractivity contribution < 1.29 is 0 Å². The molecule has 1 N–H and O–H groups in total. The fourth-order valence-electron chi connectivity index (χ4n) is 0.708. The van der Waals surface area contributed by atoms with Crippen molar-refractivity contribution in [1.29, 1.82) is 0 Å². The number of nitrogens with one attached hydrogen (secondary N) is 1. The normalized spacial score (nSPS) is 11.8. The molecule has 1 aromatic rings. The van der Waals surface area contributed by atoms with Crippen molar-refractivity contribution in [2.75, 3.05) is 5.43 Å². The maximum Gasteiger partial charge on any atom is 0.0592 e. The lowest BCUT2D eigenvalue weighted by molar-refractivity contribution is 0.874. The Labute approximate surface area is 78.9 Å². The molecule has 0 bridgehead atoms. The fourth-order valence-corrected chi connectivity index (χ4v) is 0.708. The molecule has 0 aliphatic carbocycles. The zero-order valence-corrected chi connectivity index (χ0v) is 8.28. The van der Waals surface area contributed by atoms with Crippen LogP contribution in [0.25, 0.3) is 0 Å². The number of nitrogens with zero attached hydrogens (tertiary/aromatic N) is 2. The summed E-state index contributed by atoms with van der Waals surface area (Å²) in [5.74, 6) is 0.481. The first-order valence-electron chi connectivity index (χ1n) is 4.40. The lowest BCUT2D eigenvalue weighted by Gasteiger charge is -2.04. The standard InChI is InChI=1S/C10H15N3/c1-8(2)9(3)12-13-10-4-6-11-7-5-10/h4-8H,1-3H3,(H,11,13)/b12-9+. The molecule has 0 saturated heterocycles. The van der Waals surface area contributed by atoms with Crippen LogP contribution in [0.15, 0.2) is 29.6 Å². The molecular weight excluding hydrogens is 162 g/mol. The van der Waals surface area contributed by atoms with Crippen LogP contribution in [0.2, 0.25) is 0 Å². The van der Waals surface area contributed by atoms with Gasteiger partial charge in [-0.05, 0) is 25.0 Å². The predicted octanol–water partition coefficient (Wildman–Crippen LogP) is 2.53. The van der Waals surface area contributed by atoms with E-state index in [1.54, 1.807) is 12.4 Å². The molecule has 1 rings (SSSR count). The summed E-state index contributed by atoms with van der Waals surface area (Å²) >= 11 is 0. The van der Waals surface area contributed by atoms with Crippen LogP contribution in [0, 0.1) is 5.92 Å². The van der Waals surface area contributed by atoms with Crippen molar-refractivity contribution in [1.82, 2.24) is 4.98 Å². The van der Waals surface area contributed by atoms with Crippen molar-refractivity contribution in [2.45, 2.75) is 20.8 Å². The summed E-state index contributed by atoms with van der Waals surface area (Å²) in [7, 11) is 0. The number of hydrazone groups is 1. The van der Waals surface area contributed by atoms with Gasteiger partial charge in [-0.1, -0.05) is 13.8 Å². The van der Waals surface area contributed by atoms with Crippen LogP contribution in [0.3, 0.4) is 0 Å². The van der Waals surface area contributed by atoms with Crippen molar-refractivity contribution in [3.63, 3.8) is 0 Å². The summed E-state index contributed by atoms with van der Waals surface area (Å²) in [6.45, 7) is 6.25. The summed E-state index contributed by atoms with van der Waals surface area (Å²) in [6.07, 6.45) is 3.48. The Morgan fingerprint density at radius 2 is 2.00 bits per heavy atom. The van der Waals surface area contributed by atoms with Gasteiger partial charge in [-0.25, -0.2) is 0 Å². The average molecular weight is 177 g/mol. The van der Waals surface area contributed by atoms with Gasteiger partial charge >= 0.3 is 0 Å². The molecule has 1 aromatic heterocycles. The maximum atomic E-state index is 4.23. The summed E-state index contributed by atoms with van der Waals surface area (Å²) in [4.78, 5) is 3.92. The third-order valence-corrected chi connectivity index (χ3v) is 1.88. The number of pyridine rings is 1. The summed E-state index contributed by atoms with van der Waals surface area (Å²) < 4.78 is 0. The number of hydrogen-bond donors (Lipinski definition) is 1. The van der Waals surface area contributed by atoms with E-state index in [1.807, 2.05) is 19.1 Å². The van der Waals surface area contributed by atoms with Crippen LogP contribution in [-0.2, 0) is 0 Å². The molecular formula is C10H15N3. The van der Waals surface area contributed by atoms with E-state index in [9.17, 15) is 0 Å². The second-order valence-electron chi connectivity index (χ2n) is 3.26. The van der Waals surface area contributed by atoms with Crippen LogP contribution in [0.1, 0.15) is 20.8 Å². The quantitative estimate of drug-likeness (QED) is 0.569. The van der Waals surface area contributed by atoms with Crippen LogP contribution in [-0.4, -0.2) is 10.7 Å². The van der Waals surface area contributed by atoms with Crippen LogP contribution in [0.4, 0.5) is 5.69 Å². The first-order chi connectivity index (χ1) is 6.20. The van der Waals surface area contributed by atoms with Gasteiger partial charge in [0.25, 0.3) is 0 Å². The van der Waals surface area contributed by atoms with E-state index in [2.05, 4.69) is 29.4 Å². The predicted molar refractivity (Wildman–Crippen MR) is 55.8 cm³/mol. The number of aromatic nitrogens is 1. The SMILES string of the molecule is C/C(=N\Nc1ccncc1)C(C)C. The first-order valence-corrected chi connectivity index (χ1v) is 4.40. The second-order valence-corrected chi connectivity index (χ2v) is 3.26. The van der Waals surface area contributed by atoms with E-state index >= 15 is 0 Å². The fraction of sp³-hybridized carbons (Fsp3) is 0.400. The third-order valence-electron chi connectivity index (χ3n) is 1.88. The van der Waals surface area contributed by atoms with Gasteiger partial charge in [0.1, 0.15) is 0 Å². The minimum Gasteiger partial charge on any atom is -0.278 e. The minimum atomic E-state index is 0.481. The van der Waals surface area contributed by atoms with E-state index in [4.69, 9.17) is 0 Å². The maximum absolute atomic E-state index is 4.23. The highest BCUT2D eigenvalue weighted by Crippen LogP contribution is 2.04. The number of rotatable bonds is 3. The highest BCUT2D eigenvalue weighted by atomic mass is 15.3. The van der Waals surface area contributed by atoms with Gasteiger partial charge in [-0.15, -0.1) is 0 Å². The summed E-state index contributed by atoms with van der Waals surface area (Å²) in [5.41, 5.74) is 5.04. The van der Waals surface area contributed by atoms with Gasteiger partial charge in [0.05, 0.1) is 5.69 Å². The number of anilines is 1. The zero-order chi connectivity index (χ0) is 9.68. The second kappa shape index (κ2) is 4.60. The Balaban J connectivity index is 2.57. The smallest absolute Gasteiger partial charge is 0.0592 e. The molecule has 13 heavy (non-hydrogen) atoms. The van der Waals surface area contributed by atoms with Crippen molar-refractivity contribution >= 4 is 11.4 Å². The summed E-state index contributed by atoms with van der Waals surface area (Å²) in [6, 6.07) is 3.77. The van der Waals surface area contributed by atoms with E-state index in [0.717, 1.165) is 11.4 Å². The molecule has 0 unspecified atom stereocenters. The van der Waals surface area contributed by atoms with Gasteiger partial charge in [0, 0.05) is 18.1 Å². The highest BCUT2D eigenvalue weighted by Gasteiger charge is 1.96. The monoisotopic (exact) mass is 177 g/mol. The Morgan fingerprint density at radius 3 is 2.54 bits per heavy atom. The van der Waals surface area contributed by atoms with Gasteiger partial charge in [-0.3, -0.25) is 10.4 Å². The molecule has 0 saturated carbocycles. The Morgan fingerprint density at radius 1 is 1.38 bits per heavy atom. The number of hydrogen-bond acceptors (Lipinski definition) is 3. The Hall–Kier alpha value is -1.38. The van der Waals surface area contributed by atoms with Crippen molar-refractivity contribution in [2.24, 2.45) is 11.0 Å². The van der Waals surface area contributed by atoms with Gasteiger partial charge in [0.15, 0.2) is 0 Å². The lowest BCUT2D eigenvalue weighted by Crippen LogP contribution is -2.04. The van der Waals surface area contributed by atoms with Gasteiger partial charge in [0.2, 0.25) is 0 Å². The average Bonchev–Trinajstić information content (AvgIpc) is 2.15. The highest BCUT2D eigenvalue weighted by molar-refractivity contribution is 5.84. The molecule has 3 heteroatoms. The van der Waals surface area contributed by atoms with E-state index in [-0.39, 0.29) is 0 Å². The molecule has 3 nitrogen and oxygen atoms in total. The molecule has 0 radical (unpaired) electrons. The van der Waals surface area contributed by atoms with E-state index < -0.39 is 0 Å². The molecule has 0 amide bonds. The van der Waals surface area contributed by atoms with Crippen LogP contribution < -0.4 is 5.43 Å². The molecule has 0 fully saturated rings. The van der Waals surface area contributed by atoms with Crippen LogP contribution in [0.5, 0.6) is 0 Å². The molecule has 0 aromatic carbocycles. The van der Waals surface area contributed by atoms with Gasteiger partial charge < -0.3 is 0 Å². The third kappa shape index (κ3) is 3.23. The Bertz CT molecular complexity index is 277. The largest absolute Gasteiger partial charge is 0.278 e. The van der Waals surface area contributed by atoms with Gasteiger partial charge in [-0.2, -0.15) is 5.10 Å². The van der Waals surface area contributed by atoms with Crippen molar-refractivity contribution in [3.8, 4) is 0 Å². The molecule has 1 heterocycles. The molecule has 0 atom stereocenters. The molecule has 70 valence electrons. The Kier molecular flexibility index (Phi) is 3.43. The lowest BCUT2D eigenvalue weighted by atomic mass is 10.1. The molecule has 0 aliphatic rings. The molecule has 0 aliphatic heterocycles. The first kappa shape index (κ1) is 9.71. The van der Waals surface area contributed by atoms with Crippen molar-refractivity contribution in [3.05, 3.63) is 24.5 Å². The van der Waals surface area contributed by atoms with E-state index in [1.165, 1.54) is 0 Å². The zero-order valence-electron chi connectivity index (χ0n) is 8.28. The topological polar surface area (TPSA) is 37.3 Å². The molecule has 0 spiro atoms.